The third-order valence-electron chi connectivity index (χ3n) is 4.33. The van der Waals surface area contributed by atoms with Gasteiger partial charge in [0.15, 0.2) is 0 Å². The maximum atomic E-state index is 14.0. The van der Waals surface area contributed by atoms with Gasteiger partial charge in [0.2, 0.25) is 0 Å². The molecule has 0 atom stereocenters. The van der Waals surface area contributed by atoms with E-state index in [-0.39, 0.29) is 11.2 Å². The summed E-state index contributed by atoms with van der Waals surface area (Å²) < 4.78 is 19.2. The molecule has 1 aliphatic rings. The molecule has 1 aromatic heterocycles. The van der Waals surface area contributed by atoms with Gasteiger partial charge in [0.05, 0.1) is 7.11 Å². The van der Waals surface area contributed by atoms with Gasteiger partial charge >= 0.3 is 0 Å². The van der Waals surface area contributed by atoms with Crippen LogP contribution >= 0.6 is 0 Å². The summed E-state index contributed by atoms with van der Waals surface area (Å²) in [6, 6.07) is 4.88. The molecule has 3 rings (SSSR count). The molecule has 1 aromatic carbocycles. The molecule has 0 N–H and O–H groups in total. The summed E-state index contributed by atoms with van der Waals surface area (Å²) in [5.74, 6) is 1.37. The molecular weight excluding hydrogens is 305 g/mol. The topological polar surface area (TPSA) is 38.2 Å². The van der Waals surface area contributed by atoms with E-state index < -0.39 is 0 Å². The Balaban J connectivity index is 1.76. The highest BCUT2D eigenvalue weighted by Crippen LogP contribution is 2.24. The van der Waals surface area contributed by atoms with Crippen LogP contribution < -0.4 is 4.74 Å². The van der Waals surface area contributed by atoms with Crippen molar-refractivity contribution in [2.24, 2.45) is 0 Å². The quantitative estimate of drug-likeness (QED) is 0.864. The smallest absolute Gasteiger partial charge is 0.133 e. The molecule has 0 saturated heterocycles. The first-order chi connectivity index (χ1) is 11.4. The fourth-order valence-corrected chi connectivity index (χ4v) is 2.91. The number of hydrogen-bond acceptors (Lipinski definition) is 4. The van der Waals surface area contributed by atoms with E-state index in [4.69, 9.17) is 9.72 Å². The molecule has 128 valence electrons. The van der Waals surface area contributed by atoms with Gasteiger partial charge in [0, 0.05) is 54.5 Å². The Kier molecular flexibility index (Phi) is 4.54. The van der Waals surface area contributed by atoms with E-state index in [9.17, 15) is 4.39 Å². The number of aromatic nitrogens is 2. The van der Waals surface area contributed by atoms with Crippen LogP contribution in [0, 0.1) is 5.82 Å². The lowest BCUT2D eigenvalue weighted by atomic mass is 9.95. The van der Waals surface area contributed by atoms with Gasteiger partial charge in [-0.2, -0.15) is 0 Å². The van der Waals surface area contributed by atoms with Crippen LogP contribution in [0.4, 0.5) is 4.39 Å². The summed E-state index contributed by atoms with van der Waals surface area (Å²) >= 11 is 0. The van der Waals surface area contributed by atoms with Crippen LogP contribution in [0.2, 0.25) is 0 Å². The average molecular weight is 329 g/mol. The second-order valence-electron chi connectivity index (χ2n) is 7.33. The first-order valence-corrected chi connectivity index (χ1v) is 8.27. The van der Waals surface area contributed by atoms with Crippen LogP contribution in [0.1, 0.15) is 43.4 Å². The normalized spacial score (nSPS) is 15.2. The Morgan fingerprint density at radius 2 is 2.08 bits per heavy atom. The molecule has 5 heteroatoms. The maximum Gasteiger partial charge on any atom is 0.133 e. The largest absolute Gasteiger partial charge is 0.497 e. The van der Waals surface area contributed by atoms with Crippen molar-refractivity contribution in [3.8, 4) is 5.75 Å². The predicted octanol–water partition coefficient (Wildman–Crippen LogP) is 3.48. The molecule has 24 heavy (non-hydrogen) atoms. The zero-order chi connectivity index (χ0) is 17.3. The number of rotatable bonds is 3. The SMILES string of the molecule is COc1ccc(F)c(CN2CCc3nc(C(C)(C)C)ncc3C2)c1. The van der Waals surface area contributed by atoms with Crippen molar-refractivity contribution >= 4 is 0 Å². The van der Waals surface area contributed by atoms with Gasteiger partial charge in [-0.05, 0) is 18.2 Å². The number of hydrogen-bond donors (Lipinski definition) is 0. The molecule has 4 nitrogen and oxygen atoms in total. The summed E-state index contributed by atoms with van der Waals surface area (Å²) in [5, 5.41) is 0. The van der Waals surface area contributed by atoms with Gasteiger partial charge in [-0.1, -0.05) is 20.8 Å². The lowest BCUT2D eigenvalue weighted by molar-refractivity contribution is 0.238. The van der Waals surface area contributed by atoms with Gasteiger partial charge in [-0.15, -0.1) is 0 Å². The van der Waals surface area contributed by atoms with Gasteiger partial charge in [0.1, 0.15) is 17.4 Å². The van der Waals surface area contributed by atoms with Crippen LogP contribution in [0.5, 0.6) is 5.75 Å². The number of ether oxygens (including phenoxy) is 1. The first-order valence-electron chi connectivity index (χ1n) is 8.27. The van der Waals surface area contributed by atoms with Crippen molar-refractivity contribution < 1.29 is 9.13 Å². The molecule has 0 spiro atoms. The Bertz CT molecular complexity index is 740. The molecule has 0 aliphatic carbocycles. The van der Waals surface area contributed by atoms with Crippen molar-refractivity contribution in [1.82, 2.24) is 14.9 Å². The molecule has 0 fully saturated rings. The molecule has 0 amide bonds. The monoisotopic (exact) mass is 329 g/mol. The number of nitrogens with zero attached hydrogens (tertiary/aromatic N) is 3. The number of fused-ring (bicyclic) bond motifs is 1. The molecule has 2 heterocycles. The highest BCUT2D eigenvalue weighted by molar-refractivity contribution is 5.30. The number of benzene rings is 1. The van der Waals surface area contributed by atoms with Crippen molar-refractivity contribution in [3.05, 3.63) is 52.9 Å². The number of methoxy groups -OCH3 is 1. The second kappa shape index (κ2) is 6.48. The molecule has 1 aliphatic heterocycles. The van der Waals surface area contributed by atoms with Gasteiger partial charge in [-0.25, -0.2) is 14.4 Å². The van der Waals surface area contributed by atoms with E-state index in [0.29, 0.717) is 17.9 Å². The minimum atomic E-state index is -0.194. The highest BCUT2D eigenvalue weighted by Gasteiger charge is 2.23. The van der Waals surface area contributed by atoms with Crippen LogP contribution in [-0.2, 0) is 24.9 Å². The zero-order valence-electron chi connectivity index (χ0n) is 14.8. The summed E-state index contributed by atoms with van der Waals surface area (Å²) in [5.41, 5.74) is 2.87. The van der Waals surface area contributed by atoms with Crippen molar-refractivity contribution in [2.45, 2.75) is 45.7 Å². The molecule has 2 aromatic rings. The fraction of sp³-hybridized carbons (Fsp3) is 0.474. The summed E-state index contributed by atoms with van der Waals surface area (Å²) in [6.07, 6.45) is 2.80. The summed E-state index contributed by atoms with van der Waals surface area (Å²) in [4.78, 5) is 11.5. The van der Waals surface area contributed by atoms with E-state index in [0.717, 1.165) is 36.6 Å². The van der Waals surface area contributed by atoms with Crippen molar-refractivity contribution in [2.75, 3.05) is 13.7 Å². The van der Waals surface area contributed by atoms with Gasteiger partial charge < -0.3 is 4.74 Å². The minimum Gasteiger partial charge on any atom is -0.497 e. The fourth-order valence-electron chi connectivity index (χ4n) is 2.91. The van der Waals surface area contributed by atoms with Crippen molar-refractivity contribution in [1.29, 1.82) is 0 Å². The van der Waals surface area contributed by atoms with Crippen LogP contribution in [0.25, 0.3) is 0 Å². The van der Waals surface area contributed by atoms with E-state index in [1.807, 2.05) is 6.20 Å². The predicted molar refractivity (Wildman–Crippen MR) is 91.5 cm³/mol. The third-order valence-corrected chi connectivity index (χ3v) is 4.33. The first kappa shape index (κ1) is 16.8. The van der Waals surface area contributed by atoms with E-state index in [1.165, 1.54) is 6.07 Å². The lowest BCUT2D eigenvalue weighted by Gasteiger charge is -2.29. The van der Waals surface area contributed by atoms with Gasteiger partial charge in [0.25, 0.3) is 0 Å². The Morgan fingerprint density at radius 1 is 1.29 bits per heavy atom. The standard InChI is InChI=1S/C19H24FN3O/c1-19(2,3)18-21-10-14-12-23(8-7-17(14)22-18)11-13-9-15(24-4)5-6-16(13)20/h5-6,9-10H,7-8,11-12H2,1-4H3. The minimum absolute atomic E-state index is 0.0457. The summed E-state index contributed by atoms with van der Waals surface area (Å²) in [6.45, 7) is 8.53. The molecule has 0 bridgehead atoms. The summed E-state index contributed by atoms with van der Waals surface area (Å²) in [7, 11) is 1.60. The maximum absolute atomic E-state index is 14.0. The van der Waals surface area contributed by atoms with Crippen LogP contribution in [-0.4, -0.2) is 28.5 Å². The van der Waals surface area contributed by atoms with E-state index >= 15 is 0 Å². The van der Waals surface area contributed by atoms with Gasteiger partial charge in [-0.3, -0.25) is 4.90 Å². The lowest BCUT2D eigenvalue weighted by Crippen LogP contribution is -2.32. The Hall–Kier alpha value is -2.01. The zero-order valence-corrected chi connectivity index (χ0v) is 14.8. The third kappa shape index (κ3) is 3.56. The molecule has 0 unspecified atom stereocenters. The molecule has 0 saturated carbocycles. The van der Waals surface area contributed by atoms with E-state index in [1.54, 1.807) is 19.2 Å². The van der Waals surface area contributed by atoms with Crippen molar-refractivity contribution in [3.63, 3.8) is 0 Å². The Labute approximate surface area is 142 Å². The number of halogens is 1. The second-order valence-corrected chi connectivity index (χ2v) is 7.33. The highest BCUT2D eigenvalue weighted by atomic mass is 19.1. The molecular formula is C19H24FN3O. The van der Waals surface area contributed by atoms with Crippen LogP contribution in [0.15, 0.2) is 24.4 Å². The van der Waals surface area contributed by atoms with E-state index in [2.05, 4.69) is 30.7 Å². The Morgan fingerprint density at radius 3 is 2.79 bits per heavy atom. The van der Waals surface area contributed by atoms with Crippen LogP contribution in [0.3, 0.4) is 0 Å². The molecule has 0 radical (unpaired) electrons. The average Bonchev–Trinajstić information content (AvgIpc) is 2.55.